The predicted molar refractivity (Wildman–Crippen MR) is 101 cm³/mol. The Morgan fingerprint density at radius 3 is 2.67 bits per heavy atom. The second-order valence-corrected chi connectivity index (χ2v) is 5.72. The van der Waals surface area contributed by atoms with E-state index in [0.29, 0.717) is 18.1 Å². The van der Waals surface area contributed by atoms with Crippen LogP contribution in [-0.2, 0) is 11.3 Å². The largest absolute Gasteiger partial charge is 0.347 e. The molecule has 0 radical (unpaired) electrons. The quantitative estimate of drug-likeness (QED) is 0.622. The molecule has 0 unspecified atom stereocenters. The molecule has 2 amide bonds. The number of pyridine rings is 1. The highest BCUT2D eigenvalue weighted by molar-refractivity contribution is 5.93. The van der Waals surface area contributed by atoms with Crippen molar-refractivity contribution in [2.45, 2.75) is 13.5 Å². The van der Waals surface area contributed by atoms with Crippen molar-refractivity contribution in [3.8, 4) is 0 Å². The molecule has 2 aromatic heterocycles. The second-order valence-electron chi connectivity index (χ2n) is 5.72. The first-order valence-corrected chi connectivity index (χ1v) is 8.24. The second kappa shape index (κ2) is 8.52. The number of hydrogen-bond acceptors (Lipinski definition) is 6. The number of hydrogen-bond donors (Lipinski definition) is 3. The van der Waals surface area contributed by atoms with Crippen molar-refractivity contribution < 1.29 is 9.59 Å². The van der Waals surface area contributed by atoms with Gasteiger partial charge in [0, 0.05) is 43.3 Å². The lowest BCUT2D eigenvalue weighted by Gasteiger charge is -2.09. The average Bonchev–Trinajstić information content (AvgIpc) is 2.67. The summed E-state index contributed by atoms with van der Waals surface area (Å²) in [4.78, 5) is 35.6. The summed E-state index contributed by atoms with van der Waals surface area (Å²) < 4.78 is 0. The maximum atomic E-state index is 12.3. The fourth-order valence-corrected chi connectivity index (χ4v) is 2.35. The first kappa shape index (κ1) is 18.0. The zero-order chi connectivity index (χ0) is 19.1. The minimum atomic E-state index is -0.309. The Kier molecular flexibility index (Phi) is 5.68. The van der Waals surface area contributed by atoms with Crippen LogP contribution in [0.3, 0.4) is 0 Å². The number of amides is 2. The van der Waals surface area contributed by atoms with Gasteiger partial charge >= 0.3 is 0 Å². The van der Waals surface area contributed by atoms with Gasteiger partial charge in [-0.2, -0.15) is 0 Å². The fourth-order valence-electron chi connectivity index (χ4n) is 2.35. The van der Waals surface area contributed by atoms with Crippen molar-refractivity contribution in [3.05, 3.63) is 72.4 Å². The van der Waals surface area contributed by atoms with E-state index in [4.69, 9.17) is 0 Å². The zero-order valence-electron chi connectivity index (χ0n) is 14.6. The number of anilines is 3. The number of carbonyl (C=O) groups is 2. The van der Waals surface area contributed by atoms with Crippen molar-refractivity contribution in [1.29, 1.82) is 0 Å². The third-order valence-corrected chi connectivity index (χ3v) is 3.53. The topological polar surface area (TPSA) is 109 Å². The number of rotatable bonds is 6. The summed E-state index contributed by atoms with van der Waals surface area (Å²) in [5.74, 6) is 0.00885. The summed E-state index contributed by atoms with van der Waals surface area (Å²) in [5, 5.41) is 8.60. The molecule has 0 aliphatic heterocycles. The van der Waals surface area contributed by atoms with Crippen LogP contribution in [0, 0.1) is 0 Å². The summed E-state index contributed by atoms with van der Waals surface area (Å²) >= 11 is 0. The lowest BCUT2D eigenvalue weighted by atomic mass is 10.2. The summed E-state index contributed by atoms with van der Waals surface area (Å²) in [7, 11) is 0. The number of aromatic nitrogens is 3. The van der Waals surface area contributed by atoms with Gasteiger partial charge in [-0.3, -0.25) is 14.6 Å². The Bertz CT molecular complexity index is 946. The van der Waals surface area contributed by atoms with E-state index in [1.165, 1.54) is 13.3 Å². The molecular formula is C19H18N6O2. The molecule has 8 heteroatoms. The molecule has 0 atom stereocenters. The minimum Gasteiger partial charge on any atom is -0.347 e. The van der Waals surface area contributed by atoms with E-state index in [9.17, 15) is 9.59 Å². The standard InChI is InChI=1S/C19H18N6O2/c1-13(26)24-15-5-2-6-16(8-15)25-18-9-17(22-12-23-18)19(27)21-11-14-4-3-7-20-10-14/h2-10,12H,11H2,1H3,(H,21,27)(H,24,26)(H,22,23,25). The van der Waals surface area contributed by atoms with E-state index < -0.39 is 0 Å². The number of benzene rings is 1. The van der Waals surface area contributed by atoms with Crippen LogP contribution in [0.1, 0.15) is 23.0 Å². The molecule has 0 fully saturated rings. The third-order valence-electron chi connectivity index (χ3n) is 3.53. The van der Waals surface area contributed by atoms with Gasteiger partial charge in [-0.15, -0.1) is 0 Å². The van der Waals surface area contributed by atoms with E-state index in [1.807, 2.05) is 18.2 Å². The molecule has 2 heterocycles. The molecule has 0 aliphatic carbocycles. The van der Waals surface area contributed by atoms with Crippen molar-refractivity contribution in [3.63, 3.8) is 0 Å². The van der Waals surface area contributed by atoms with Crippen molar-refractivity contribution in [2.24, 2.45) is 0 Å². The highest BCUT2D eigenvalue weighted by Gasteiger charge is 2.09. The molecule has 8 nitrogen and oxygen atoms in total. The maximum Gasteiger partial charge on any atom is 0.270 e. The van der Waals surface area contributed by atoms with Gasteiger partial charge < -0.3 is 16.0 Å². The molecule has 0 saturated heterocycles. The molecule has 136 valence electrons. The lowest BCUT2D eigenvalue weighted by Crippen LogP contribution is -2.24. The van der Waals surface area contributed by atoms with Crippen LogP contribution >= 0.6 is 0 Å². The van der Waals surface area contributed by atoms with Crippen molar-refractivity contribution in [2.75, 3.05) is 10.6 Å². The first-order chi connectivity index (χ1) is 13.1. The highest BCUT2D eigenvalue weighted by atomic mass is 16.2. The van der Waals surface area contributed by atoms with Gasteiger partial charge in [0.2, 0.25) is 5.91 Å². The van der Waals surface area contributed by atoms with Gasteiger partial charge in [0.15, 0.2) is 0 Å². The van der Waals surface area contributed by atoms with Crippen molar-refractivity contribution >= 4 is 29.0 Å². The number of nitrogens with zero attached hydrogens (tertiary/aromatic N) is 3. The Balaban J connectivity index is 1.66. The van der Waals surface area contributed by atoms with Gasteiger partial charge in [0.25, 0.3) is 5.91 Å². The van der Waals surface area contributed by atoms with Crippen LogP contribution in [0.25, 0.3) is 0 Å². The van der Waals surface area contributed by atoms with Gasteiger partial charge in [-0.05, 0) is 29.8 Å². The minimum absolute atomic E-state index is 0.151. The average molecular weight is 362 g/mol. The predicted octanol–water partition coefficient (Wildman–Crippen LogP) is 2.50. The SMILES string of the molecule is CC(=O)Nc1cccc(Nc2cc(C(=O)NCc3cccnc3)ncn2)c1. The van der Waals surface area contributed by atoms with E-state index in [0.717, 1.165) is 11.3 Å². The summed E-state index contributed by atoms with van der Waals surface area (Å²) in [6.45, 7) is 1.80. The first-order valence-electron chi connectivity index (χ1n) is 8.24. The van der Waals surface area contributed by atoms with E-state index >= 15 is 0 Å². The molecule has 27 heavy (non-hydrogen) atoms. The van der Waals surface area contributed by atoms with Gasteiger partial charge in [0.05, 0.1) is 0 Å². The number of nitrogens with one attached hydrogen (secondary N) is 3. The molecule has 0 saturated carbocycles. The molecule has 0 spiro atoms. The molecule has 0 aliphatic rings. The van der Waals surface area contributed by atoms with Crippen molar-refractivity contribution in [1.82, 2.24) is 20.3 Å². The van der Waals surface area contributed by atoms with E-state index in [1.54, 1.807) is 36.7 Å². The van der Waals surface area contributed by atoms with Crippen LogP contribution in [0.5, 0.6) is 0 Å². The number of carbonyl (C=O) groups excluding carboxylic acids is 2. The Morgan fingerprint density at radius 1 is 1.04 bits per heavy atom. The maximum absolute atomic E-state index is 12.3. The summed E-state index contributed by atoms with van der Waals surface area (Å²) in [6.07, 6.45) is 4.68. The van der Waals surface area contributed by atoms with Crippen LogP contribution in [-0.4, -0.2) is 26.8 Å². The summed E-state index contributed by atoms with van der Waals surface area (Å²) in [5.41, 5.74) is 2.53. The molecule has 3 aromatic rings. The Hall–Kier alpha value is -3.81. The Morgan fingerprint density at radius 2 is 1.89 bits per heavy atom. The zero-order valence-corrected chi connectivity index (χ0v) is 14.6. The fraction of sp³-hybridized carbons (Fsp3) is 0.105. The summed E-state index contributed by atoms with van der Waals surface area (Å²) in [6, 6.07) is 12.4. The molecule has 3 rings (SSSR count). The van der Waals surface area contributed by atoms with E-state index in [-0.39, 0.29) is 17.5 Å². The van der Waals surface area contributed by atoms with Crippen LogP contribution in [0.2, 0.25) is 0 Å². The van der Waals surface area contributed by atoms with Gasteiger partial charge in [-0.25, -0.2) is 9.97 Å². The monoisotopic (exact) mass is 362 g/mol. The normalized spacial score (nSPS) is 10.1. The highest BCUT2D eigenvalue weighted by Crippen LogP contribution is 2.19. The van der Waals surface area contributed by atoms with Crippen LogP contribution in [0.4, 0.5) is 17.2 Å². The van der Waals surface area contributed by atoms with E-state index in [2.05, 4.69) is 30.9 Å². The molecular weight excluding hydrogens is 344 g/mol. The van der Waals surface area contributed by atoms with Gasteiger partial charge in [-0.1, -0.05) is 12.1 Å². The molecule has 1 aromatic carbocycles. The third kappa shape index (κ3) is 5.33. The van der Waals surface area contributed by atoms with Crippen LogP contribution in [0.15, 0.2) is 61.2 Å². The molecule has 3 N–H and O–H groups in total. The van der Waals surface area contributed by atoms with Gasteiger partial charge in [0.1, 0.15) is 17.8 Å². The smallest absolute Gasteiger partial charge is 0.270 e. The van der Waals surface area contributed by atoms with Crippen LogP contribution < -0.4 is 16.0 Å². The Labute approximate surface area is 156 Å². The lowest BCUT2D eigenvalue weighted by molar-refractivity contribution is -0.114. The molecule has 0 bridgehead atoms.